The normalized spacial score (nSPS) is 13.0. The van der Waals surface area contributed by atoms with E-state index >= 15 is 0 Å². The van der Waals surface area contributed by atoms with Crippen LogP contribution < -0.4 is 5.32 Å². The van der Waals surface area contributed by atoms with E-state index in [1.165, 1.54) is 18.5 Å². The fourth-order valence-corrected chi connectivity index (χ4v) is 2.08. The number of rotatable bonds is 4. The molecule has 0 spiro atoms. The van der Waals surface area contributed by atoms with Gasteiger partial charge in [-0.3, -0.25) is 4.79 Å². The third-order valence-corrected chi connectivity index (χ3v) is 3.25. The molecule has 1 N–H and O–H groups in total. The first-order valence-corrected chi connectivity index (χ1v) is 6.42. The van der Waals surface area contributed by atoms with Gasteiger partial charge >= 0.3 is 5.92 Å². The van der Waals surface area contributed by atoms with Crippen LogP contribution in [0.1, 0.15) is 29.9 Å². The van der Waals surface area contributed by atoms with Gasteiger partial charge in [-0.2, -0.15) is 8.78 Å². The Balaban J connectivity index is 2.20. The molecule has 0 aliphatic carbocycles. The van der Waals surface area contributed by atoms with Gasteiger partial charge in [-0.05, 0) is 19.4 Å². The van der Waals surface area contributed by atoms with Gasteiger partial charge in [-0.1, -0.05) is 24.3 Å². The van der Waals surface area contributed by atoms with Gasteiger partial charge in [0, 0.05) is 12.6 Å². The highest BCUT2D eigenvalue weighted by atomic mass is 19.3. The van der Waals surface area contributed by atoms with Crippen molar-refractivity contribution in [2.45, 2.75) is 25.8 Å². The molecule has 0 aliphatic heterocycles. The van der Waals surface area contributed by atoms with E-state index in [1.54, 1.807) is 37.6 Å². The van der Waals surface area contributed by atoms with Gasteiger partial charge in [0.2, 0.25) is 0 Å². The van der Waals surface area contributed by atoms with Crippen molar-refractivity contribution in [2.24, 2.45) is 7.05 Å². The van der Waals surface area contributed by atoms with Crippen molar-refractivity contribution >= 4 is 5.91 Å². The summed E-state index contributed by atoms with van der Waals surface area (Å²) in [5, 5.41) is 9.73. The summed E-state index contributed by atoms with van der Waals surface area (Å²) in [6.45, 7) is 3.12. The van der Waals surface area contributed by atoms with E-state index in [-0.39, 0.29) is 5.56 Å². The maximum atomic E-state index is 14.3. The summed E-state index contributed by atoms with van der Waals surface area (Å²) in [5.41, 5.74) is 0.0663. The first kappa shape index (κ1) is 15.1. The number of halogens is 2. The molecule has 1 unspecified atom stereocenters. The molecule has 5 nitrogen and oxygen atoms in total. The van der Waals surface area contributed by atoms with Crippen molar-refractivity contribution in [1.29, 1.82) is 0 Å². The van der Waals surface area contributed by atoms with E-state index in [0.717, 1.165) is 0 Å². The lowest BCUT2D eigenvalue weighted by Crippen LogP contribution is -2.40. The van der Waals surface area contributed by atoms with Gasteiger partial charge in [0.25, 0.3) is 5.91 Å². The number of benzene rings is 1. The molecule has 112 valence electrons. The van der Waals surface area contributed by atoms with Crippen LogP contribution in [-0.2, 0) is 17.8 Å². The molecule has 1 atom stereocenters. The van der Waals surface area contributed by atoms with Crippen molar-refractivity contribution in [3.8, 4) is 0 Å². The van der Waals surface area contributed by atoms with Crippen LogP contribution in [0.3, 0.4) is 0 Å². The van der Waals surface area contributed by atoms with Crippen molar-refractivity contribution in [1.82, 2.24) is 20.1 Å². The second kappa shape index (κ2) is 5.59. The summed E-state index contributed by atoms with van der Waals surface area (Å²) >= 11 is 0. The van der Waals surface area contributed by atoms with Crippen molar-refractivity contribution < 1.29 is 13.6 Å². The van der Waals surface area contributed by atoms with Gasteiger partial charge in [0.05, 0.1) is 6.04 Å². The maximum Gasteiger partial charge on any atom is 0.350 e. The Bertz CT molecular complexity index is 654. The Morgan fingerprint density at radius 3 is 2.62 bits per heavy atom. The van der Waals surface area contributed by atoms with Crippen LogP contribution in [0, 0.1) is 6.92 Å². The zero-order valence-electron chi connectivity index (χ0n) is 12.0. The van der Waals surface area contributed by atoms with Crippen molar-refractivity contribution in [3.63, 3.8) is 0 Å². The number of nitrogens with one attached hydrogen (secondary N) is 1. The molecule has 1 amide bonds. The number of hydrogen-bond donors (Lipinski definition) is 1. The molecule has 1 aromatic heterocycles. The Morgan fingerprint density at radius 2 is 2.05 bits per heavy atom. The van der Waals surface area contributed by atoms with E-state index in [9.17, 15) is 13.6 Å². The van der Waals surface area contributed by atoms with Crippen LogP contribution >= 0.6 is 0 Å². The molecule has 0 bridgehead atoms. The Hall–Kier alpha value is -2.31. The number of aryl methyl sites for hydroxylation is 2. The molecule has 1 heterocycles. The minimum absolute atomic E-state index is 0.298. The molecule has 7 heteroatoms. The molecule has 1 aromatic carbocycles. The fourth-order valence-electron chi connectivity index (χ4n) is 2.08. The monoisotopic (exact) mass is 294 g/mol. The summed E-state index contributed by atoms with van der Waals surface area (Å²) in [6, 6.07) is 5.26. The molecule has 0 aliphatic rings. The minimum Gasteiger partial charge on any atom is -0.341 e. The highest BCUT2D eigenvalue weighted by Gasteiger charge is 2.42. The Kier molecular flexibility index (Phi) is 4.02. The second-order valence-corrected chi connectivity index (χ2v) is 4.88. The smallest absolute Gasteiger partial charge is 0.341 e. The van der Waals surface area contributed by atoms with Gasteiger partial charge in [0.1, 0.15) is 6.33 Å². The van der Waals surface area contributed by atoms with Crippen molar-refractivity contribution in [2.75, 3.05) is 0 Å². The lowest BCUT2D eigenvalue weighted by atomic mass is 10.0. The average molecular weight is 294 g/mol. The van der Waals surface area contributed by atoms with Gasteiger partial charge < -0.3 is 9.88 Å². The van der Waals surface area contributed by atoms with E-state index in [4.69, 9.17) is 0 Å². The van der Waals surface area contributed by atoms with Gasteiger partial charge in [-0.15, -0.1) is 10.2 Å². The van der Waals surface area contributed by atoms with Crippen LogP contribution in [0.5, 0.6) is 0 Å². The number of hydrogen-bond acceptors (Lipinski definition) is 3. The standard InChI is InChI=1S/C14H16F2N4O/c1-9-6-4-5-7-11(9)14(15,16)13(21)18-10(2)12-19-17-8-20(12)3/h4-8,10H,1-3H3,(H,18,21). The third-order valence-electron chi connectivity index (χ3n) is 3.25. The van der Waals surface area contributed by atoms with Gasteiger partial charge in [-0.25, -0.2) is 0 Å². The van der Waals surface area contributed by atoms with Crippen LogP contribution in [-0.4, -0.2) is 20.7 Å². The third kappa shape index (κ3) is 2.91. The SMILES string of the molecule is Cc1ccccc1C(F)(F)C(=O)NC(C)c1nncn1C. The Morgan fingerprint density at radius 1 is 1.38 bits per heavy atom. The molecule has 0 saturated carbocycles. The maximum absolute atomic E-state index is 14.3. The van der Waals surface area contributed by atoms with E-state index in [2.05, 4.69) is 15.5 Å². The van der Waals surface area contributed by atoms with E-state index < -0.39 is 17.9 Å². The second-order valence-electron chi connectivity index (χ2n) is 4.88. The number of carbonyl (C=O) groups excluding carboxylic acids is 1. The summed E-state index contributed by atoms with van der Waals surface area (Å²) < 4.78 is 30.1. The van der Waals surface area contributed by atoms with Crippen LogP contribution in [0.4, 0.5) is 8.78 Å². The molecule has 0 saturated heterocycles. The first-order chi connectivity index (χ1) is 9.84. The number of carbonyl (C=O) groups is 1. The summed E-state index contributed by atoms with van der Waals surface area (Å²) in [5.74, 6) is -4.55. The predicted molar refractivity (Wildman–Crippen MR) is 72.6 cm³/mol. The molecular formula is C14H16F2N4O. The molecule has 2 rings (SSSR count). The minimum atomic E-state index is -3.60. The average Bonchev–Trinajstić information content (AvgIpc) is 2.85. The van der Waals surface area contributed by atoms with Crippen LogP contribution in [0.15, 0.2) is 30.6 Å². The molecule has 2 aromatic rings. The lowest BCUT2D eigenvalue weighted by molar-refractivity contribution is -0.147. The topological polar surface area (TPSA) is 59.8 Å². The largest absolute Gasteiger partial charge is 0.350 e. The number of alkyl halides is 2. The summed E-state index contributed by atoms with van der Waals surface area (Å²) in [4.78, 5) is 11.9. The molecule has 0 fully saturated rings. The Labute approximate surface area is 121 Å². The zero-order chi connectivity index (χ0) is 15.6. The van der Waals surface area contributed by atoms with Crippen LogP contribution in [0.25, 0.3) is 0 Å². The summed E-state index contributed by atoms with van der Waals surface area (Å²) in [6.07, 6.45) is 1.44. The van der Waals surface area contributed by atoms with E-state index in [1.807, 2.05) is 0 Å². The van der Waals surface area contributed by atoms with Crippen molar-refractivity contribution in [3.05, 3.63) is 47.5 Å². The van der Waals surface area contributed by atoms with Crippen LogP contribution in [0.2, 0.25) is 0 Å². The lowest BCUT2D eigenvalue weighted by Gasteiger charge is -2.21. The highest BCUT2D eigenvalue weighted by molar-refractivity contribution is 5.85. The molecule has 0 radical (unpaired) electrons. The first-order valence-electron chi connectivity index (χ1n) is 6.42. The molecular weight excluding hydrogens is 278 g/mol. The molecule has 21 heavy (non-hydrogen) atoms. The summed E-state index contributed by atoms with van der Waals surface area (Å²) in [7, 11) is 1.68. The zero-order valence-corrected chi connectivity index (χ0v) is 12.0. The predicted octanol–water partition coefficient (Wildman–Crippen LogP) is 2.09. The van der Waals surface area contributed by atoms with E-state index in [0.29, 0.717) is 11.4 Å². The highest BCUT2D eigenvalue weighted by Crippen LogP contribution is 2.31. The number of aromatic nitrogens is 3. The van der Waals surface area contributed by atoms with Gasteiger partial charge in [0.15, 0.2) is 5.82 Å². The fraction of sp³-hybridized carbons (Fsp3) is 0.357. The quantitative estimate of drug-likeness (QED) is 0.939. The number of amides is 1. The number of nitrogens with zero attached hydrogens (tertiary/aromatic N) is 3.